The number of carbonyl (C=O) groups is 1. The van der Waals surface area contributed by atoms with E-state index in [2.05, 4.69) is 0 Å². The Morgan fingerprint density at radius 2 is 2.06 bits per heavy atom. The Morgan fingerprint density at radius 1 is 1.33 bits per heavy atom. The molecule has 1 unspecified atom stereocenters. The van der Waals surface area contributed by atoms with Crippen LogP contribution in [-0.4, -0.2) is 19.5 Å². The summed E-state index contributed by atoms with van der Waals surface area (Å²) in [6.07, 6.45) is 1.52. The summed E-state index contributed by atoms with van der Waals surface area (Å²) in [6.45, 7) is 0. The summed E-state index contributed by atoms with van der Waals surface area (Å²) < 4.78 is 37.5. The highest BCUT2D eigenvalue weighted by Crippen LogP contribution is 2.29. The summed E-state index contributed by atoms with van der Waals surface area (Å²) in [6, 6.07) is 3.32. The minimum absolute atomic E-state index is 0.0198. The van der Waals surface area contributed by atoms with E-state index in [0.717, 1.165) is 12.1 Å². The number of benzene rings is 1. The first-order chi connectivity index (χ1) is 8.41. The quantitative estimate of drug-likeness (QED) is 0.787. The molecule has 1 fully saturated rings. The van der Waals surface area contributed by atoms with Gasteiger partial charge < -0.3 is 0 Å². The molecule has 0 N–H and O–H groups in total. The zero-order chi connectivity index (χ0) is 13.3. The molecule has 1 aromatic rings. The summed E-state index contributed by atoms with van der Waals surface area (Å²) in [5, 5.41) is -0.932. The Balaban J connectivity index is 2.35. The predicted molar refractivity (Wildman–Crippen MR) is 65.9 cm³/mol. The smallest absolute Gasteiger partial charge is 0.181 e. The third-order valence-electron chi connectivity index (χ3n) is 3.10. The van der Waals surface area contributed by atoms with Gasteiger partial charge in [0.1, 0.15) is 11.6 Å². The number of hydrogen-bond donors (Lipinski definition) is 0. The average Bonchev–Trinajstić information content (AvgIpc) is 2.32. The molecule has 18 heavy (non-hydrogen) atoms. The number of hydrogen-bond acceptors (Lipinski definition) is 3. The lowest BCUT2D eigenvalue weighted by atomic mass is 9.99. The topological polar surface area (TPSA) is 51.2 Å². The van der Waals surface area contributed by atoms with E-state index in [4.69, 9.17) is 11.6 Å². The molecule has 98 valence electrons. The lowest BCUT2D eigenvalue weighted by Crippen LogP contribution is -2.28. The van der Waals surface area contributed by atoms with Crippen molar-refractivity contribution in [1.29, 1.82) is 0 Å². The second-order valence-corrected chi connectivity index (χ2v) is 7.01. The number of halogens is 2. The van der Waals surface area contributed by atoms with Gasteiger partial charge in [-0.15, -0.1) is 0 Å². The lowest BCUT2D eigenvalue weighted by Gasteiger charge is -2.21. The minimum atomic E-state index is -3.61. The van der Waals surface area contributed by atoms with Crippen molar-refractivity contribution in [2.45, 2.75) is 35.8 Å². The molecule has 0 aromatic heterocycles. The van der Waals surface area contributed by atoms with Crippen LogP contribution in [0.3, 0.4) is 0 Å². The maximum absolute atomic E-state index is 13.0. The first-order valence-corrected chi connectivity index (χ1v) is 7.54. The molecular formula is C12H12ClFO3S. The molecule has 1 atom stereocenters. The molecule has 0 bridgehead atoms. The van der Waals surface area contributed by atoms with Crippen LogP contribution >= 0.6 is 11.6 Å². The average molecular weight is 291 g/mol. The molecule has 0 saturated heterocycles. The Hall–Kier alpha value is -0.940. The van der Waals surface area contributed by atoms with Gasteiger partial charge in [-0.1, -0.05) is 11.6 Å². The van der Waals surface area contributed by atoms with E-state index >= 15 is 0 Å². The van der Waals surface area contributed by atoms with Gasteiger partial charge in [0.25, 0.3) is 0 Å². The monoisotopic (exact) mass is 290 g/mol. The van der Waals surface area contributed by atoms with Crippen LogP contribution in [-0.2, 0) is 14.6 Å². The highest BCUT2D eigenvalue weighted by molar-refractivity contribution is 7.92. The molecule has 0 heterocycles. The van der Waals surface area contributed by atoms with Crippen molar-refractivity contribution < 1.29 is 17.6 Å². The maximum Gasteiger partial charge on any atom is 0.181 e. The molecule has 2 rings (SSSR count). The molecule has 1 aliphatic rings. The summed E-state index contributed by atoms with van der Waals surface area (Å²) in [4.78, 5) is 11.3. The van der Waals surface area contributed by atoms with Crippen LogP contribution in [0.15, 0.2) is 23.1 Å². The first kappa shape index (κ1) is 13.5. The third kappa shape index (κ3) is 2.57. The molecular weight excluding hydrogens is 279 g/mol. The van der Waals surface area contributed by atoms with Gasteiger partial charge in [0.15, 0.2) is 9.84 Å². The van der Waals surface area contributed by atoms with Gasteiger partial charge in [-0.25, -0.2) is 12.8 Å². The van der Waals surface area contributed by atoms with E-state index < -0.39 is 20.9 Å². The molecule has 0 aliphatic heterocycles. The fourth-order valence-corrected chi connectivity index (χ4v) is 4.15. The van der Waals surface area contributed by atoms with E-state index in [1.807, 2.05) is 0 Å². The Kier molecular flexibility index (Phi) is 3.73. The molecule has 0 amide bonds. The normalized spacial score (nSPS) is 21.0. The van der Waals surface area contributed by atoms with Crippen molar-refractivity contribution in [2.24, 2.45) is 0 Å². The first-order valence-electron chi connectivity index (χ1n) is 5.62. The number of sulfone groups is 1. The van der Waals surface area contributed by atoms with Crippen LogP contribution in [0, 0.1) is 5.82 Å². The molecule has 6 heteroatoms. The Bertz CT molecular complexity index is 583. The van der Waals surface area contributed by atoms with E-state index in [1.54, 1.807) is 0 Å². The van der Waals surface area contributed by atoms with Gasteiger partial charge in [0, 0.05) is 12.8 Å². The second-order valence-electron chi connectivity index (χ2n) is 4.38. The van der Waals surface area contributed by atoms with Crippen LogP contribution in [0.5, 0.6) is 0 Å². The number of carbonyl (C=O) groups excluding carboxylic acids is 1. The fraction of sp³-hybridized carbons (Fsp3) is 0.417. The molecule has 1 saturated carbocycles. The molecule has 1 aromatic carbocycles. The Labute approximate surface area is 110 Å². The van der Waals surface area contributed by atoms with Gasteiger partial charge in [-0.3, -0.25) is 4.79 Å². The summed E-state index contributed by atoms with van der Waals surface area (Å²) >= 11 is 5.58. The fourth-order valence-electron chi connectivity index (χ4n) is 2.10. The largest absolute Gasteiger partial charge is 0.300 e. The number of ketones is 1. The van der Waals surface area contributed by atoms with Crippen molar-refractivity contribution in [1.82, 2.24) is 0 Å². The summed E-state index contributed by atoms with van der Waals surface area (Å²) in [5.74, 6) is -0.696. The summed E-state index contributed by atoms with van der Waals surface area (Å²) in [7, 11) is -3.61. The van der Waals surface area contributed by atoms with Gasteiger partial charge in [0.2, 0.25) is 0 Å². The lowest BCUT2D eigenvalue weighted by molar-refractivity contribution is -0.120. The summed E-state index contributed by atoms with van der Waals surface area (Å²) in [5.41, 5.74) is 0. The number of rotatable bonds is 2. The van der Waals surface area contributed by atoms with E-state index in [0.29, 0.717) is 19.3 Å². The van der Waals surface area contributed by atoms with E-state index in [-0.39, 0.29) is 22.1 Å². The van der Waals surface area contributed by atoms with E-state index in [1.165, 1.54) is 6.07 Å². The third-order valence-corrected chi connectivity index (χ3v) is 5.58. The van der Waals surface area contributed by atoms with Crippen molar-refractivity contribution >= 4 is 27.2 Å². The van der Waals surface area contributed by atoms with Crippen LogP contribution in [0.4, 0.5) is 4.39 Å². The standard InChI is InChI=1S/C12H12ClFO3S/c13-11-7-10(4-5-12(11)14)18(16,17)9-3-1-2-8(15)6-9/h4-5,7,9H,1-3,6H2. The van der Waals surface area contributed by atoms with Gasteiger partial charge in [-0.2, -0.15) is 0 Å². The van der Waals surface area contributed by atoms with Crippen molar-refractivity contribution in [3.8, 4) is 0 Å². The van der Waals surface area contributed by atoms with Gasteiger partial charge >= 0.3 is 0 Å². The highest BCUT2D eigenvalue weighted by atomic mass is 35.5. The van der Waals surface area contributed by atoms with Crippen LogP contribution in [0.2, 0.25) is 5.02 Å². The van der Waals surface area contributed by atoms with Crippen LogP contribution < -0.4 is 0 Å². The highest BCUT2D eigenvalue weighted by Gasteiger charge is 2.32. The minimum Gasteiger partial charge on any atom is -0.300 e. The predicted octanol–water partition coefficient (Wildman–Crippen LogP) is 2.76. The molecule has 1 aliphatic carbocycles. The van der Waals surface area contributed by atoms with Gasteiger partial charge in [-0.05, 0) is 31.0 Å². The molecule has 0 radical (unpaired) electrons. The number of Topliss-reactive ketones (excluding diaryl/α,β-unsaturated/α-hetero) is 1. The zero-order valence-electron chi connectivity index (χ0n) is 9.53. The molecule has 3 nitrogen and oxygen atoms in total. The zero-order valence-corrected chi connectivity index (χ0v) is 11.1. The van der Waals surface area contributed by atoms with Crippen molar-refractivity contribution in [3.05, 3.63) is 29.0 Å². The van der Waals surface area contributed by atoms with Gasteiger partial charge in [0.05, 0.1) is 15.2 Å². The SMILES string of the molecule is O=C1CCCC(S(=O)(=O)c2ccc(F)c(Cl)c2)C1. The maximum atomic E-state index is 13.0. The second kappa shape index (κ2) is 4.97. The van der Waals surface area contributed by atoms with E-state index in [9.17, 15) is 17.6 Å². The van der Waals surface area contributed by atoms with Crippen LogP contribution in [0.25, 0.3) is 0 Å². The van der Waals surface area contributed by atoms with Crippen LogP contribution in [0.1, 0.15) is 25.7 Å². The van der Waals surface area contributed by atoms with Crippen molar-refractivity contribution in [3.63, 3.8) is 0 Å². The molecule has 0 spiro atoms. The van der Waals surface area contributed by atoms with Crippen molar-refractivity contribution in [2.75, 3.05) is 0 Å². The Morgan fingerprint density at radius 3 is 2.67 bits per heavy atom.